The molecule has 0 radical (unpaired) electrons. The summed E-state index contributed by atoms with van der Waals surface area (Å²) in [6.07, 6.45) is 0. The third-order valence-electron chi connectivity index (χ3n) is 5.58. The molecule has 2 aromatic carbocycles. The van der Waals surface area contributed by atoms with Gasteiger partial charge in [0, 0.05) is 33.6 Å². The van der Waals surface area contributed by atoms with Gasteiger partial charge in [-0.1, -0.05) is 59.3 Å². The van der Waals surface area contributed by atoms with E-state index in [0.717, 1.165) is 34.3 Å². The van der Waals surface area contributed by atoms with Gasteiger partial charge in [0.2, 0.25) is 5.91 Å². The highest BCUT2D eigenvalue weighted by Gasteiger charge is 2.20. The molecule has 4 rings (SSSR count). The molecule has 0 saturated carbocycles. The van der Waals surface area contributed by atoms with Gasteiger partial charge in [-0.05, 0) is 51.8 Å². The summed E-state index contributed by atoms with van der Waals surface area (Å²) in [5.74, 6) is 1.07. The number of aryl methyl sites for hydroxylation is 4. The van der Waals surface area contributed by atoms with E-state index in [4.69, 9.17) is 0 Å². The average molecular weight is 477 g/mol. The Balaban J connectivity index is 1.55. The van der Waals surface area contributed by atoms with Gasteiger partial charge < -0.3 is 9.88 Å². The van der Waals surface area contributed by atoms with Crippen LogP contribution in [0.15, 0.2) is 53.0 Å². The topological polar surface area (TPSA) is 59.8 Å². The Morgan fingerprint density at radius 3 is 2.45 bits per heavy atom. The van der Waals surface area contributed by atoms with Crippen LogP contribution in [0.25, 0.3) is 22.5 Å². The Morgan fingerprint density at radius 2 is 1.76 bits per heavy atom. The van der Waals surface area contributed by atoms with Crippen molar-refractivity contribution in [2.75, 3.05) is 11.1 Å². The molecule has 0 spiro atoms. The maximum absolute atomic E-state index is 12.6. The van der Waals surface area contributed by atoms with Crippen LogP contribution in [0.4, 0.5) is 5.69 Å². The lowest BCUT2D eigenvalue weighted by molar-refractivity contribution is -0.113. The van der Waals surface area contributed by atoms with Crippen LogP contribution < -0.4 is 5.32 Å². The van der Waals surface area contributed by atoms with Crippen LogP contribution in [0.2, 0.25) is 0 Å². The first-order chi connectivity index (χ1) is 15.9. The van der Waals surface area contributed by atoms with Crippen molar-refractivity contribution in [3.63, 3.8) is 0 Å². The van der Waals surface area contributed by atoms with Crippen molar-refractivity contribution in [2.24, 2.45) is 0 Å². The van der Waals surface area contributed by atoms with Crippen LogP contribution in [0, 0.1) is 27.7 Å². The molecule has 0 unspecified atom stereocenters. The van der Waals surface area contributed by atoms with Crippen LogP contribution in [-0.4, -0.2) is 26.4 Å². The normalized spacial score (nSPS) is 11.1. The number of amides is 1. The van der Waals surface area contributed by atoms with E-state index in [-0.39, 0.29) is 11.7 Å². The van der Waals surface area contributed by atoms with E-state index < -0.39 is 0 Å². The maximum atomic E-state index is 12.6. The number of rotatable bonds is 7. The molecule has 4 aromatic rings. The van der Waals surface area contributed by atoms with E-state index >= 15 is 0 Å². The molecule has 33 heavy (non-hydrogen) atoms. The average Bonchev–Trinajstić information content (AvgIpc) is 3.37. The number of thiophene rings is 1. The van der Waals surface area contributed by atoms with Gasteiger partial charge in [0.15, 0.2) is 11.0 Å². The zero-order chi connectivity index (χ0) is 23.5. The van der Waals surface area contributed by atoms with Crippen molar-refractivity contribution in [1.82, 2.24) is 14.8 Å². The SMILES string of the molecule is CCn1c(SCC(=O)Nc2ccc(C)cc2C)nnc1-c1csc(C)c1-c1ccc(C)cc1. The van der Waals surface area contributed by atoms with Crippen LogP contribution in [-0.2, 0) is 11.3 Å². The Kier molecular flexibility index (Phi) is 7.00. The number of hydrogen-bond acceptors (Lipinski definition) is 5. The highest BCUT2D eigenvalue weighted by molar-refractivity contribution is 7.99. The van der Waals surface area contributed by atoms with Crippen molar-refractivity contribution in [3.8, 4) is 22.5 Å². The first-order valence-corrected chi connectivity index (χ1v) is 12.8. The van der Waals surface area contributed by atoms with Crippen LogP contribution >= 0.6 is 23.1 Å². The van der Waals surface area contributed by atoms with E-state index in [0.29, 0.717) is 0 Å². The van der Waals surface area contributed by atoms with Crippen LogP contribution in [0.3, 0.4) is 0 Å². The third-order valence-corrected chi connectivity index (χ3v) is 7.46. The van der Waals surface area contributed by atoms with Crippen molar-refractivity contribution < 1.29 is 4.79 Å². The van der Waals surface area contributed by atoms with Gasteiger partial charge in [-0.3, -0.25) is 4.79 Å². The van der Waals surface area contributed by atoms with Gasteiger partial charge >= 0.3 is 0 Å². The fourth-order valence-corrected chi connectivity index (χ4v) is 5.51. The molecule has 0 aliphatic rings. The Hall–Kier alpha value is -2.90. The summed E-state index contributed by atoms with van der Waals surface area (Å²) in [5, 5.41) is 14.9. The largest absolute Gasteiger partial charge is 0.325 e. The fraction of sp³-hybridized carbons (Fsp3) is 0.269. The smallest absolute Gasteiger partial charge is 0.234 e. The van der Waals surface area contributed by atoms with Gasteiger partial charge in [0.1, 0.15) is 0 Å². The second-order valence-corrected chi connectivity index (χ2v) is 10.2. The van der Waals surface area contributed by atoms with Gasteiger partial charge in [0.25, 0.3) is 0 Å². The Labute approximate surface area is 203 Å². The van der Waals surface area contributed by atoms with Crippen LogP contribution in [0.5, 0.6) is 0 Å². The summed E-state index contributed by atoms with van der Waals surface area (Å²) in [6, 6.07) is 14.6. The summed E-state index contributed by atoms with van der Waals surface area (Å²) >= 11 is 3.14. The predicted octanol–water partition coefficient (Wildman–Crippen LogP) is 6.66. The summed E-state index contributed by atoms with van der Waals surface area (Å²) in [6.45, 7) is 11.1. The third kappa shape index (κ3) is 5.04. The van der Waals surface area contributed by atoms with E-state index in [1.807, 2.05) is 26.0 Å². The minimum absolute atomic E-state index is 0.0501. The fourth-order valence-electron chi connectivity index (χ4n) is 3.85. The summed E-state index contributed by atoms with van der Waals surface area (Å²) in [5.41, 5.74) is 7.79. The van der Waals surface area contributed by atoms with Gasteiger partial charge in [-0.15, -0.1) is 21.5 Å². The molecule has 2 aromatic heterocycles. The highest BCUT2D eigenvalue weighted by Crippen LogP contribution is 2.39. The lowest BCUT2D eigenvalue weighted by Crippen LogP contribution is -2.15. The number of carbonyl (C=O) groups is 1. The van der Waals surface area contributed by atoms with Gasteiger partial charge in [-0.2, -0.15) is 0 Å². The van der Waals surface area contributed by atoms with Crippen molar-refractivity contribution in [2.45, 2.75) is 46.3 Å². The number of anilines is 1. The van der Waals surface area contributed by atoms with Gasteiger partial charge in [0.05, 0.1) is 5.75 Å². The molecule has 0 bridgehead atoms. The van der Waals surface area contributed by atoms with E-state index in [1.165, 1.54) is 38.9 Å². The molecular weight excluding hydrogens is 448 g/mol. The number of benzene rings is 2. The van der Waals surface area contributed by atoms with E-state index in [2.05, 4.69) is 76.6 Å². The lowest BCUT2D eigenvalue weighted by atomic mass is 10.0. The zero-order valence-electron chi connectivity index (χ0n) is 19.6. The quantitative estimate of drug-likeness (QED) is 0.303. The molecular formula is C26H28N4OS2. The number of aromatic nitrogens is 3. The lowest BCUT2D eigenvalue weighted by Gasteiger charge is -2.10. The number of hydrogen-bond donors (Lipinski definition) is 1. The molecule has 5 nitrogen and oxygen atoms in total. The summed E-state index contributed by atoms with van der Waals surface area (Å²) < 4.78 is 2.09. The van der Waals surface area contributed by atoms with Gasteiger partial charge in [-0.25, -0.2) is 0 Å². The first kappa shape index (κ1) is 23.3. The molecule has 0 aliphatic carbocycles. The molecule has 170 valence electrons. The molecule has 0 aliphatic heterocycles. The molecule has 0 atom stereocenters. The Bertz CT molecular complexity index is 1290. The summed E-state index contributed by atoms with van der Waals surface area (Å²) in [7, 11) is 0. The number of carbonyl (C=O) groups excluding carboxylic acids is 1. The molecule has 7 heteroatoms. The monoisotopic (exact) mass is 476 g/mol. The Morgan fingerprint density at radius 1 is 1.03 bits per heavy atom. The maximum Gasteiger partial charge on any atom is 0.234 e. The standard InChI is InChI=1S/C26H28N4OS2/c1-6-30-25(21-14-32-19(5)24(21)20-10-7-16(2)8-11-20)28-29-26(30)33-15-23(31)27-22-12-9-17(3)13-18(22)4/h7-14H,6,15H2,1-5H3,(H,27,31). The van der Waals surface area contributed by atoms with Crippen molar-refractivity contribution >= 4 is 34.7 Å². The highest BCUT2D eigenvalue weighted by atomic mass is 32.2. The van der Waals surface area contributed by atoms with Crippen LogP contribution in [0.1, 0.15) is 28.5 Å². The second-order valence-electron chi connectivity index (χ2n) is 8.15. The minimum atomic E-state index is -0.0501. The first-order valence-electron chi connectivity index (χ1n) is 11.0. The minimum Gasteiger partial charge on any atom is -0.325 e. The molecule has 1 N–H and O–H groups in total. The predicted molar refractivity (Wildman–Crippen MR) is 139 cm³/mol. The zero-order valence-corrected chi connectivity index (χ0v) is 21.2. The van der Waals surface area contributed by atoms with E-state index in [9.17, 15) is 4.79 Å². The molecule has 0 fully saturated rings. The number of nitrogens with zero attached hydrogens (tertiary/aromatic N) is 3. The van der Waals surface area contributed by atoms with Crippen molar-refractivity contribution in [1.29, 1.82) is 0 Å². The summed E-state index contributed by atoms with van der Waals surface area (Å²) in [4.78, 5) is 13.8. The molecule has 2 heterocycles. The molecule has 1 amide bonds. The molecule has 0 saturated heterocycles. The van der Waals surface area contributed by atoms with E-state index in [1.54, 1.807) is 11.3 Å². The number of thioether (sulfide) groups is 1. The van der Waals surface area contributed by atoms with Crippen molar-refractivity contribution in [3.05, 3.63) is 69.4 Å². The number of nitrogens with one attached hydrogen (secondary N) is 1. The second kappa shape index (κ2) is 9.93.